The molecule has 5 nitrogen and oxygen atoms in total. The van der Waals surface area contributed by atoms with Gasteiger partial charge in [-0.3, -0.25) is 0 Å². The van der Waals surface area contributed by atoms with Crippen LogP contribution in [0.4, 0.5) is 0 Å². The Balaban J connectivity index is 2.13. The van der Waals surface area contributed by atoms with Gasteiger partial charge in [0.25, 0.3) is 0 Å². The van der Waals surface area contributed by atoms with Crippen molar-refractivity contribution in [2.45, 2.75) is 13.0 Å². The van der Waals surface area contributed by atoms with Crippen LogP contribution in [0.5, 0.6) is 0 Å². The van der Waals surface area contributed by atoms with E-state index in [9.17, 15) is 4.79 Å². The maximum Gasteiger partial charge on any atom is 0.330 e. The van der Waals surface area contributed by atoms with Crippen molar-refractivity contribution in [2.24, 2.45) is 0 Å². The summed E-state index contributed by atoms with van der Waals surface area (Å²) in [6.07, 6.45) is 4.69. The van der Waals surface area contributed by atoms with Gasteiger partial charge in [0.05, 0.1) is 19.3 Å². The Morgan fingerprint density at radius 3 is 2.79 bits per heavy atom. The Hall–Kier alpha value is -2.43. The Labute approximate surface area is 111 Å². The number of hydrogen-bond acceptors (Lipinski definition) is 4. The first-order valence-electron chi connectivity index (χ1n) is 5.93. The van der Waals surface area contributed by atoms with Crippen LogP contribution in [0.15, 0.2) is 42.6 Å². The second-order valence-corrected chi connectivity index (χ2v) is 4.07. The van der Waals surface area contributed by atoms with E-state index in [2.05, 4.69) is 15.0 Å². The van der Waals surface area contributed by atoms with E-state index >= 15 is 0 Å². The van der Waals surface area contributed by atoms with Gasteiger partial charge in [0.15, 0.2) is 0 Å². The first kappa shape index (κ1) is 13.0. The molecule has 0 bridgehead atoms. The van der Waals surface area contributed by atoms with Crippen LogP contribution in [0.1, 0.15) is 24.2 Å². The summed E-state index contributed by atoms with van der Waals surface area (Å²) in [6, 6.07) is 10.1. The molecule has 0 saturated heterocycles. The van der Waals surface area contributed by atoms with Crippen LogP contribution in [0.2, 0.25) is 0 Å². The maximum atomic E-state index is 11.0. The number of benzene rings is 1. The van der Waals surface area contributed by atoms with Crippen molar-refractivity contribution >= 4 is 12.0 Å². The Morgan fingerprint density at radius 2 is 2.11 bits per heavy atom. The van der Waals surface area contributed by atoms with E-state index in [0.29, 0.717) is 5.69 Å². The monoisotopic (exact) mass is 257 g/mol. The van der Waals surface area contributed by atoms with Crippen molar-refractivity contribution < 1.29 is 9.53 Å². The first-order chi connectivity index (χ1) is 9.20. The summed E-state index contributed by atoms with van der Waals surface area (Å²) >= 11 is 0. The molecular weight excluding hydrogens is 242 g/mol. The summed E-state index contributed by atoms with van der Waals surface area (Å²) in [7, 11) is 1.33. The van der Waals surface area contributed by atoms with E-state index in [1.54, 1.807) is 17.0 Å². The molecule has 0 radical (unpaired) electrons. The highest BCUT2D eigenvalue weighted by molar-refractivity contribution is 5.86. The van der Waals surface area contributed by atoms with E-state index in [1.165, 1.54) is 13.2 Å². The molecule has 1 heterocycles. The van der Waals surface area contributed by atoms with Gasteiger partial charge in [-0.25, -0.2) is 9.48 Å². The molecule has 5 heteroatoms. The molecule has 0 aliphatic carbocycles. The fourth-order valence-corrected chi connectivity index (χ4v) is 1.66. The van der Waals surface area contributed by atoms with Crippen LogP contribution in [-0.2, 0) is 9.53 Å². The predicted octanol–water partition coefficient (Wildman–Crippen LogP) is 2.07. The number of carbonyl (C=O) groups is 1. The lowest BCUT2D eigenvalue weighted by atomic mass is 10.1. The molecule has 0 amide bonds. The molecule has 1 unspecified atom stereocenters. The molecule has 1 aromatic carbocycles. The van der Waals surface area contributed by atoms with Crippen LogP contribution in [0, 0.1) is 0 Å². The number of aromatic nitrogens is 3. The van der Waals surface area contributed by atoms with Crippen molar-refractivity contribution in [1.29, 1.82) is 0 Å². The van der Waals surface area contributed by atoms with Crippen molar-refractivity contribution in [3.8, 4) is 0 Å². The van der Waals surface area contributed by atoms with Gasteiger partial charge < -0.3 is 4.74 Å². The topological polar surface area (TPSA) is 57.0 Å². The average Bonchev–Trinajstić information content (AvgIpc) is 2.93. The lowest BCUT2D eigenvalue weighted by Gasteiger charge is -2.10. The molecule has 0 spiro atoms. The largest absolute Gasteiger partial charge is 0.466 e. The molecule has 2 aromatic rings. The molecule has 0 aliphatic heterocycles. The molecule has 0 saturated carbocycles. The first-order valence-corrected chi connectivity index (χ1v) is 5.93. The predicted molar refractivity (Wildman–Crippen MR) is 71.3 cm³/mol. The number of nitrogens with zero attached hydrogens (tertiary/aromatic N) is 3. The zero-order valence-electron chi connectivity index (χ0n) is 10.9. The fraction of sp³-hybridized carbons (Fsp3) is 0.214. The van der Waals surface area contributed by atoms with Gasteiger partial charge in [-0.15, -0.1) is 5.10 Å². The van der Waals surface area contributed by atoms with E-state index in [4.69, 9.17) is 0 Å². The Morgan fingerprint density at radius 1 is 1.37 bits per heavy atom. The van der Waals surface area contributed by atoms with E-state index in [-0.39, 0.29) is 6.04 Å². The maximum absolute atomic E-state index is 11.0. The molecule has 0 fully saturated rings. The average molecular weight is 257 g/mol. The van der Waals surface area contributed by atoms with Gasteiger partial charge in [0, 0.05) is 6.08 Å². The molecule has 0 N–H and O–H groups in total. The van der Waals surface area contributed by atoms with Crippen molar-refractivity contribution in [3.05, 3.63) is 53.9 Å². The molecule has 0 aliphatic rings. The summed E-state index contributed by atoms with van der Waals surface area (Å²) < 4.78 is 6.27. The quantitative estimate of drug-likeness (QED) is 0.621. The highest BCUT2D eigenvalue weighted by atomic mass is 16.5. The minimum absolute atomic E-state index is 0.0916. The van der Waals surface area contributed by atoms with Gasteiger partial charge in [-0.2, -0.15) is 0 Å². The lowest BCUT2D eigenvalue weighted by molar-refractivity contribution is -0.134. The standard InChI is InChI=1S/C14H15N3O2/c1-11(12-6-4-3-5-7-12)17-10-13(15-16-17)8-9-14(18)19-2/h3-11H,1-2H3/b9-8-. The third-order valence-corrected chi connectivity index (χ3v) is 2.80. The normalized spacial score (nSPS) is 12.5. The second-order valence-electron chi connectivity index (χ2n) is 4.07. The zero-order chi connectivity index (χ0) is 13.7. The molecule has 2 rings (SSSR count). The minimum Gasteiger partial charge on any atom is -0.466 e. The summed E-state index contributed by atoms with van der Waals surface area (Å²) in [5.74, 6) is -0.411. The van der Waals surface area contributed by atoms with Crippen molar-refractivity contribution in [1.82, 2.24) is 15.0 Å². The molecule has 1 aromatic heterocycles. The SMILES string of the molecule is COC(=O)/C=C\c1cn(C(C)c2ccccc2)nn1. The number of methoxy groups -OCH3 is 1. The number of rotatable bonds is 4. The lowest BCUT2D eigenvalue weighted by Crippen LogP contribution is -2.07. The molecule has 1 atom stereocenters. The third kappa shape index (κ3) is 3.28. The van der Waals surface area contributed by atoms with Crippen LogP contribution in [-0.4, -0.2) is 28.1 Å². The number of esters is 1. The second kappa shape index (κ2) is 5.95. The number of ether oxygens (including phenoxy) is 1. The Kier molecular flexibility index (Phi) is 4.07. The number of carbonyl (C=O) groups excluding carboxylic acids is 1. The summed E-state index contributed by atoms with van der Waals surface area (Å²) in [6.45, 7) is 2.04. The molecular formula is C14H15N3O2. The summed E-state index contributed by atoms with van der Waals surface area (Å²) in [4.78, 5) is 11.0. The molecule has 19 heavy (non-hydrogen) atoms. The van der Waals surface area contributed by atoms with Crippen LogP contribution >= 0.6 is 0 Å². The van der Waals surface area contributed by atoms with Gasteiger partial charge in [0.2, 0.25) is 0 Å². The minimum atomic E-state index is -0.411. The van der Waals surface area contributed by atoms with Crippen LogP contribution < -0.4 is 0 Å². The van der Waals surface area contributed by atoms with Crippen molar-refractivity contribution in [2.75, 3.05) is 7.11 Å². The van der Waals surface area contributed by atoms with E-state index in [1.807, 2.05) is 37.3 Å². The highest BCUT2D eigenvalue weighted by Gasteiger charge is 2.08. The van der Waals surface area contributed by atoms with E-state index < -0.39 is 5.97 Å². The van der Waals surface area contributed by atoms with Gasteiger partial charge >= 0.3 is 5.97 Å². The van der Waals surface area contributed by atoms with Gasteiger partial charge in [0.1, 0.15) is 5.69 Å². The van der Waals surface area contributed by atoms with Gasteiger partial charge in [-0.1, -0.05) is 35.5 Å². The zero-order valence-corrected chi connectivity index (χ0v) is 10.9. The van der Waals surface area contributed by atoms with E-state index in [0.717, 1.165) is 5.56 Å². The Bertz CT molecular complexity index is 575. The van der Waals surface area contributed by atoms with Gasteiger partial charge in [-0.05, 0) is 18.6 Å². The summed E-state index contributed by atoms with van der Waals surface area (Å²) in [5.41, 5.74) is 1.77. The fourth-order valence-electron chi connectivity index (χ4n) is 1.66. The smallest absolute Gasteiger partial charge is 0.330 e. The highest BCUT2D eigenvalue weighted by Crippen LogP contribution is 2.16. The molecule has 98 valence electrons. The van der Waals surface area contributed by atoms with Crippen molar-refractivity contribution in [3.63, 3.8) is 0 Å². The summed E-state index contributed by atoms with van der Waals surface area (Å²) in [5, 5.41) is 8.05. The number of hydrogen-bond donors (Lipinski definition) is 0. The van der Waals surface area contributed by atoms with Crippen LogP contribution in [0.25, 0.3) is 6.08 Å². The van der Waals surface area contributed by atoms with Crippen LogP contribution in [0.3, 0.4) is 0 Å². The third-order valence-electron chi connectivity index (χ3n) is 2.80.